The summed E-state index contributed by atoms with van der Waals surface area (Å²) in [4.78, 5) is 12.3. The Labute approximate surface area is 167 Å². The molecule has 0 amide bonds. The van der Waals surface area contributed by atoms with Crippen molar-refractivity contribution in [3.05, 3.63) is 83.9 Å². The summed E-state index contributed by atoms with van der Waals surface area (Å²) in [5, 5.41) is 28.4. The number of anilines is 1. The molecule has 4 N–H and O–H groups in total. The molecule has 0 aliphatic heterocycles. The van der Waals surface area contributed by atoms with E-state index in [1.165, 1.54) is 78.9 Å². The zero-order valence-corrected chi connectivity index (χ0v) is 15.8. The van der Waals surface area contributed by atoms with Crippen molar-refractivity contribution in [2.24, 2.45) is 0 Å². The molecule has 0 spiro atoms. The Morgan fingerprint density at radius 1 is 0.828 bits per heavy atom. The maximum Gasteiger partial charge on any atom is 0.261 e. The number of nitrogens with one attached hydrogen (secondary N) is 1. The van der Waals surface area contributed by atoms with Gasteiger partial charge < -0.3 is 15.3 Å². The molecule has 0 saturated heterocycles. The average molecular weight is 411 g/mol. The molecular weight excluding hydrogens is 394 g/mol. The third-order valence-corrected chi connectivity index (χ3v) is 5.39. The van der Waals surface area contributed by atoms with E-state index in [1.807, 2.05) is 0 Å². The first-order chi connectivity index (χ1) is 13.7. The van der Waals surface area contributed by atoms with Crippen LogP contribution in [0, 0.1) is 0 Å². The molecule has 0 saturated carbocycles. The predicted octanol–water partition coefficient (Wildman–Crippen LogP) is 3.50. The summed E-state index contributed by atoms with van der Waals surface area (Å²) in [5.41, 5.74) is 0.870. The van der Waals surface area contributed by atoms with E-state index in [9.17, 15) is 28.5 Å². The fourth-order valence-corrected chi connectivity index (χ4v) is 3.54. The first-order valence-corrected chi connectivity index (χ1v) is 9.89. The van der Waals surface area contributed by atoms with E-state index in [4.69, 9.17) is 0 Å². The lowest BCUT2D eigenvalue weighted by atomic mass is 10.1. The zero-order chi connectivity index (χ0) is 21.0. The number of ketones is 1. The van der Waals surface area contributed by atoms with Gasteiger partial charge in [0.2, 0.25) is 0 Å². The fourth-order valence-electron chi connectivity index (χ4n) is 2.48. The third-order valence-electron chi connectivity index (χ3n) is 3.99. The second kappa shape index (κ2) is 8.07. The highest BCUT2D eigenvalue weighted by Gasteiger charge is 2.14. The van der Waals surface area contributed by atoms with E-state index < -0.39 is 10.0 Å². The summed E-state index contributed by atoms with van der Waals surface area (Å²) in [7, 11) is -3.83. The highest BCUT2D eigenvalue weighted by Crippen LogP contribution is 2.24. The van der Waals surface area contributed by atoms with Crippen molar-refractivity contribution >= 4 is 27.6 Å². The fraction of sp³-hybridized carbons (Fsp3) is 0. The second-order valence-corrected chi connectivity index (χ2v) is 7.80. The molecule has 0 unspecified atom stereocenters. The van der Waals surface area contributed by atoms with Crippen LogP contribution in [0.4, 0.5) is 5.69 Å². The zero-order valence-electron chi connectivity index (χ0n) is 15.0. The summed E-state index contributed by atoms with van der Waals surface area (Å²) >= 11 is 0. The van der Waals surface area contributed by atoms with Crippen LogP contribution in [0.3, 0.4) is 0 Å². The molecule has 3 aromatic carbocycles. The molecule has 0 aliphatic rings. The van der Waals surface area contributed by atoms with Crippen LogP contribution >= 0.6 is 0 Å². The molecule has 8 heteroatoms. The van der Waals surface area contributed by atoms with Gasteiger partial charge in [-0.25, -0.2) is 8.42 Å². The second-order valence-electron chi connectivity index (χ2n) is 6.12. The minimum absolute atomic E-state index is 0.00990. The van der Waals surface area contributed by atoms with Crippen molar-refractivity contribution in [2.75, 3.05) is 4.72 Å². The van der Waals surface area contributed by atoms with Crippen LogP contribution < -0.4 is 4.72 Å². The Bertz CT molecular complexity index is 1170. The van der Waals surface area contributed by atoms with E-state index >= 15 is 0 Å². The highest BCUT2D eigenvalue weighted by molar-refractivity contribution is 7.92. The van der Waals surface area contributed by atoms with Gasteiger partial charge in [0.05, 0.1) is 4.90 Å². The molecule has 3 aromatic rings. The van der Waals surface area contributed by atoms with E-state index in [0.717, 1.165) is 0 Å². The molecule has 0 atom stereocenters. The number of rotatable bonds is 6. The largest absolute Gasteiger partial charge is 0.508 e. The van der Waals surface area contributed by atoms with Crippen LogP contribution in [0.25, 0.3) is 6.08 Å². The standard InChI is InChI=1S/C21H17NO6S/c23-17-6-9-19(10-7-17)29(27,28)22-16-4-1-14(2-5-16)20(25)11-3-15-13-18(24)8-12-21(15)26/h1-13,22-24,26H. The van der Waals surface area contributed by atoms with Gasteiger partial charge in [0.25, 0.3) is 10.0 Å². The number of sulfonamides is 1. The maximum absolute atomic E-state index is 12.3. The van der Waals surface area contributed by atoms with Crippen molar-refractivity contribution < 1.29 is 28.5 Å². The highest BCUT2D eigenvalue weighted by atomic mass is 32.2. The van der Waals surface area contributed by atoms with Gasteiger partial charge in [-0.3, -0.25) is 9.52 Å². The number of phenols is 3. The van der Waals surface area contributed by atoms with Crippen LogP contribution in [0.5, 0.6) is 17.2 Å². The van der Waals surface area contributed by atoms with E-state index in [2.05, 4.69) is 4.72 Å². The topological polar surface area (TPSA) is 124 Å². The molecule has 0 bridgehead atoms. The molecule has 148 valence electrons. The first-order valence-electron chi connectivity index (χ1n) is 8.41. The summed E-state index contributed by atoms with van der Waals surface area (Å²) in [6.45, 7) is 0. The molecule has 0 fully saturated rings. The molecular formula is C21H17NO6S. The Morgan fingerprint density at radius 2 is 1.45 bits per heavy atom. The van der Waals surface area contributed by atoms with Gasteiger partial charge in [0, 0.05) is 16.8 Å². The number of allylic oxidation sites excluding steroid dienone is 1. The van der Waals surface area contributed by atoms with Crippen molar-refractivity contribution in [3.8, 4) is 17.2 Å². The van der Waals surface area contributed by atoms with Gasteiger partial charge in [-0.1, -0.05) is 0 Å². The van der Waals surface area contributed by atoms with Gasteiger partial charge in [0.1, 0.15) is 17.2 Å². The van der Waals surface area contributed by atoms with Crippen LogP contribution in [-0.4, -0.2) is 29.5 Å². The van der Waals surface area contributed by atoms with E-state index in [-0.39, 0.29) is 39.2 Å². The number of carbonyl (C=O) groups is 1. The lowest BCUT2D eigenvalue weighted by Gasteiger charge is -2.08. The Hall–Kier alpha value is -3.78. The molecule has 3 rings (SSSR count). The van der Waals surface area contributed by atoms with Crippen LogP contribution in [0.15, 0.2) is 77.7 Å². The quantitative estimate of drug-likeness (QED) is 0.280. The van der Waals surface area contributed by atoms with Gasteiger partial charge >= 0.3 is 0 Å². The first kappa shape index (κ1) is 20.0. The molecule has 0 radical (unpaired) electrons. The maximum atomic E-state index is 12.3. The summed E-state index contributed by atoms with van der Waals surface area (Å²) in [5.74, 6) is -0.523. The van der Waals surface area contributed by atoms with Crippen molar-refractivity contribution in [1.82, 2.24) is 0 Å². The molecule has 0 heterocycles. The Morgan fingerprint density at radius 3 is 2.10 bits per heavy atom. The molecule has 0 aliphatic carbocycles. The van der Waals surface area contributed by atoms with Crippen LogP contribution in [0.2, 0.25) is 0 Å². The molecule has 0 aromatic heterocycles. The van der Waals surface area contributed by atoms with Crippen LogP contribution in [0.1, 0.15) is 15.9 Å². The number of carbonyl (C=O) groups excluding carboxylic acids is 1. The monoisotopic (exact) mass is 411 g/mol. The predicted molar refractivity (Wildman–Crippen MR) is 108 cm³/mol. The number of benzene rings is 3. The van der Waals surface area contributed by atoms with Gasteiger partial charge in [-0.15, -0.1) is 0 Å². The Balaban J connectivity index is 1.72. The van der Waals surface area contributed by atoms with E-state index in [0.29, 0.717) is 5.56 Å². The number of aromatic hydroxyl groups is 3. The SMILES string of the molecule is O=C(C=Cc1cc(O)ccc1O)c1ccc(NS(=O)(=O)c2ccc(O)cc2)cc1. The number of hydrogen-bond donors (Lipinski definition) is 4. The van der Waals surface area contributed by atoms with Gasteiger partial charge in [-0.2, -0.15) is 0 Å². The average Bonchev–Trinajstić information content (AvgIpc) is 2.69. The normalized spacial score (nSPS) is 11.4. The van der Waals surface area contributed by atoms with Crippen molar-refractivity contribution in [3.63, 3.8) is 0 Å². The smallest absolute Gasteiger partial charge is 0.261 e. The minimum atomic E-state index is -3.83. The van der Waals surface area contributed by atoms with E-state index in [1.54, 1.807) is 0 Å². The minimum Gasteiger partial charge on any atom is -0.508 e. The van der Waals surface area contributed by atoms with Crippen LogP contribution in [-0.2, 0) is 10.0 Å². The third kappa shape index (κ3) is 4.94. The lowest BCUT2D eigenvalue weighted by Crippen LogP contribution is -2.12. The molecule has 29 heavy (non-hydrogen) atoms. The summed E-state index contributed by atoms with van der Waals surface area (Å²) in [6.07, 6.45) is 2.61. The van der Waals surface area contributed by atoms with Gasteiger partial charge in [-0.05, 0) is 78.9 Å². The van der Waals surface area contributed by atoms with Crippen molar-refractivity contribution in [2.45, 2.75) is 4.90 Å². The molecule has 7 nitrogen and oxygen atoms in total. The lowest BCUT2D eigenvalue weighted by molar-refractivity contribution is 0.104. The van der Waals surface area contributed by atoms with Gasteiger partial charge in [0.15, 0.2) is 5.78 Å². The number of hydrogen-bond acceptors (Lipinski definition) is 6. The number of phenolic OH excluding ortho intramolecular Hbond substituents is 3. The Kier molecular flexibility index (Phi) is 5.56. The van der Waals surface area contributed by atoms with Crippen molar-refractivity contribution in [1.29, 1.82) is 0 Å². The summed E-state index contributed by atoms with van der Waals surface area (Å²) in [6, 6.07) is 14.9. The summed E-state index contributed by atoms with van der Waals surface area (Å²) < 4.78 is 27.1.